The Morgan fingerprint density at radius 2 is 1.55 bits per heavy atom. The predicted molar refractivity (Wildman–Crippen MR) is 49.8 cm³/mol. The minimum absolute atomic E-state index is 0.892. The SMILES string of the molecule is C=CCc1[c]s[c]c1CC=C. The van der Waals surface area contributed by atoms with Crippen LogP contribution in [0.15, 0.2) is 25.3 Å². The van der Waals surface area contributed by atoms with Crippen LogP contribution in [0.1, 0.15) is 11.1 Å². The molecule has 0 unspecified atom stereocenters. The largest absolute Gasteiger partial charge is 0.133 e. The van der Waals surface area contributed by atoms with E-state index in [9.17, 15) is 0 Å². The number of hydrogen-bond donors (Lipinski definition) is 0. The molecule has 0 spiro atoms. The number of rotatable bonds is 4. The van der Waals surface area contributed by atoms with Crippen LogP contribution in [-0.4, -0.2) is 0 Å². The van der Waals surface area contributed by atoms with E-state index in [0.717, 1.165) is 12.8 Å². The maximum Gasteiger partial charge on any atom is 0.0490 e. The summed E-state index contributed by atoms with van der Waals surface area (Å²) in [6.45, 7) is 7.36. The van der Waals surface area contributed by atoms with Crippen molar-refractivity contribution in [2.75, 3.05) is 0 Å². The Morgan fingerprint density at radius 3 is 1.91 bits per heavy atom. The first-order valence-electron chi connectivity index (χ1n) is 3.50. The van der Waals surface area contributed by atoms with E-state index in [1.165, 1.54) is 22.5 Å². The average Bonchev–Trinajstić information content (AvgIpc) is 2.39. The highest BCUT2D eigenvalue weighted by Gasteiger charge is 2.00. The molecule has 0 N–H and O–H groups in total. The third-order valence-corrected chi connectivity index (χ3v) is 2.11. The monoisotopic (exact) mass is 162 g/mol. The summed E-state index contributed by atoms with van der Waals surface area (Å²) in [5.41, 5.74) is 2.43. The third kappa shape index (κ3) is 2.05. The summed E-state index contributed by atoms with van der Waals surface area (Å²) in [5, 5.41) is 6.32. The van der Waals surface area contributed by atoms with Gasteiger partial charge in [-0.3, -0.25) is 0 Å². The van der Waals surface area contributed by atoms with E-state index in [1.807, 2.05) is 12.2 Å². The van der Waals surface area contributed by atoms with Gasteiger partial charge in [0.2, 0.25) is 0 Å². The lowest BCUT2D eigenvalue weighted by atomic mass is 10.1. The Hall–Kier alpha value is -0.820. The molecule has 1 heteroatoms. The van der Waals surface area contributed by atoms with Gasteiger partial charge >= 0.3 is 0 Å². The fraction of sp³-hybridized carbons (Fsp3) is 0.200. The Balaban J connectivity index is 2.76. The Morgan fingerprint density at radius 1 is 1.09 bits per heavy atom. The molecule has 1 rings (SSSR count). The zero-order valence-corrected chi connectivity index (χ0v) is 7.21. The lowest BCUT2D eigenvalue weighted by Crippen LogP contribution is -1.84. The van der Waals surface area contributed by atoms with Crippen LogP contribution in [0.4, 0.5) is 0 Å². The molecule has 0 aliphatic heterocycles. The molecule has 0 bridgehead atoms. The minimum Gasteiger partial charge on any atom is -0.133 e. The summed E-state index contributed by atoms with van der Waals surface area (Å²) in [4.78, 5) is 0. The van der Waals surface area contributed by atoms with Gasteiger partial charge in [-0.1, -0.05) is 12.2 Å². The lowest BCUT2D eigenvalue weighted by molar-refractivity contribution is 1.18. The molecule has 2 radical (unpaired) electrons. The molecule has 0 aliphatic rings. The molecule has 0 saturated heterocycles. The van der Waals surface area contributed by atoms with Crippen LogP contribution in [0.2, 0.25) is 0 Å². The van der Waals surface area contributed by atoms with E-state index in [-0.39, 0.29) is 0 Å². The van der Waals surface area contributed by atoms with Gasteiger partial charge in [0.15, 0.2) is 0 Å². The number of thiophene rings is 1. The van der Waals surface area contributed by atoms with Crippen LogP contribution in [0.5, 0.6) is 0 Å². The van der Waals surface area contributed by atoms with Gasteiger partial charge in [0.05, 0.1) is 0 Å². The van der Waals surface area contributed by atoms with E-state index >= 15 is 0 Å². The molecule has 56 valence electrons. The van der Waals surface area contributed by atoms with E-state index in [0.29, 0.717) is 0 Å². The van der Waals surface area contributed by atoms with Crippen LogP contribution in [-0.2, 0) is 12.8 Å². The first-order chi connectivity index (χ1) is 5.38. The number of hydrogen-bond acceptors (Lipinski definition) is 1. The molecule has 0 aromatic carbocycles. The topological polar surface area (TPSA) is 0 Å². The first kappa shape index (κ1) is 8.28. The Kier molecular flexibility index (Phi) is 3.12. The van der Waals surface area contributed by atoms with Crippen LogP contribution in [0.3, 0.4) is 0 Å². The molecule has 0 amide bonds. The number of allylic oxidation sites excluding steroid dienone is 2. The van der Waals surface area contributed by atoms with Gasteiger partial charge in [-0.2, -0.15) is 0 Å². The molecule has 0 fully saturated rings. The predicted octanol–water partition coefficient (Wildman–Crippen LogP) is 2.81. The second kappa shape index (κ2) is 4.14. The van der Waals surface area contributed by atoms with Crippen LogP contribution in [0.25, 0.3) is 0 Å². The van der Waals surface area contributed by atoms with Crippen molar-refractivity contribution in [3.63, 3.8) is 0 Å². The first-order valence-corrected chi connectivity index (χ1v) is 4.31. The van der Waals surface area contributed by atoms with Gasteiger partial charge in [-0.05, 0) is 24.0 Å². The smallest absolute Gasteiger partial charge is 0.0490 e. The van der Waals surface area contributed by atoms with Crippen molar-refractivity contribution in [1.82, 2.24) is 0 Å². The molecule has 1 aromatic rings. The van der Waals surface area contributed by atoms with Crippen molar-refractivity contribution < 1.29 is 0 Å². The standard InChI is InChI=1S/C10H10S/c1-3-5-9-7-11-8-10(9)6-4-2/h3-4H,1-2,5-6H2. The normalized spacial score (nSPS) is 9.45. The summed E-state index contributed by atoms with van der Waals surface area (Å²) in [6, 6.07) is 0. The van der Waals surface area contributed by atoms with Crippen LogP contribution < -0.4 is 0 Å². The molecule has 0 atom stereocenters. The summed E-state index contributed by atoms with van der Waals surface area (Å²) in [5.74, 6) is 0. The summed E-state index contributed by atoms with van der Waals surface area (Å²) < 4.78 is 0. The summed E-state index contributed by atoms with van der Waals surface area (Å²) >= 11 is 1.50. The van der Waals surface area contributed by atoms with E-state index in [4.69, 9.17) is 0 Å². The highest BCUT2D eigenvalue weighted by Crippen LogP contribution is 2.14. The molecule has 0 aliphatic carbocycles. The maximum atomic E-state index is 3.68. The van der Waals surface area contributed by atoms with Crippen molar-refractivity contribution in [1.29, 1.82) is 0 Å². The van der Waals surface area contributed by atoms with Gasteiger partial charge in [0, 0.05) is 10.8 Å². The fourth-order valence-corrected chi connectivity index (χ4v) is 1.60. The zero-order chi connectivity index (χ0) is 8.10. The van der Waals surface area contributed by atoms with Gasteiger partial charge in [-0.25, -0.2) is 0 Å². The average molecular weight is 162 g/mol. The maximum absolute atomic E-state index is 3.68. The molecule has 11 heavy (non-hydrogen) atoms. The Bertz CT molecular complexity index is 221. The van der Waals surface area contributed by atoms with E-state index in [1.54, 1.807) is 0 Å². The van der Waals surface area contributed by atoms with Gasteiger partial charge in [0.25, 0.3) is 0 Å². The molecule has 0 saturated carbocycles. The third-order valence-electron chi connectivity index (χ3n) is 1.41. The summed E-state index contributed by atoms with van der Waals surface area (Å²) in [7, 11) is 0. The highest BCUT2D eigenvalue weighted by atomic mass is 32.1. The van der Waals surface area contributed by atoms with Crippen molar-refractivity contribution in [3.8, 4) is 0 Å². The molecule has 1 heterocycles. The molecule has 0 nitrogen and oxygen atoms in total. The minimum atomic E-state index is 0.892. The fourth-order valence-electron chi connectivity index (χ4n) is 0.890. The Labute approximate surface area is 71.9 Å². The second-order valence-corrected chi connectivity index (χ2v) is 2.86. The van der Waals surface area contributed by atoms with E-state index in [2.05, 4.69) is 23.9 Å². The van der Waals surface area contributed by atoms with Crippen LogP contribution >= 0.6 is 11.3 Å². The van der Waals surface area contributed by atoms with Gasteiger partial charge < -0.3 is 0 Å². The van der Waals surface area contributed by atoms with Gasteiger partial charge in [-0.15, -0.1) is 24.5 Å². The van der Waals surface area contributed by atoms with Gasteiger partial charge in [0.1, 0.15) is 0 Å². The van der Waals surface area contributed by atoms with E-state index < -0.39 is 0 Å². The van der Waals surface area contributed by atoms with Crippen LogP contribution in [0, 0.1) is 10.8 Å². The quantitative estimate of drug-likeness (QED) is 0.597. The van der Waals surface area contributed by atoms with Crippen molar-refractivity contribution in [2.45, 2.75) is 12.8 Å². The van der Waals surface area contributed by atoms with Crippen molar-refractivity contribution in [2.24, 2.45) is 0 Å². The van der Waals surface area contributed by atoms with Crippen molar-refractivity contribution in [3.05, 3.63) is 47.2 Å². The lowest BCUT2D eigenvalue weighted by Gasteiger charge is -1.94. The van der Waals surface area contributed by atoms with Crippen molar-refractivity contribution >= 4 is 11.3 Å². The zero-order valence-electron chi connectivity index (χ0n) is 6.39. The molecular weight excluding hydrogens is 152 g/mol. The molecular formula is C10H10S. The second-order valence-electron chi connectivity index (χ2n) is 2.25. The summed E-state index contributed by atoms with van der Waals surface area (Å²) in [6.07, 6.45) is 5.56. The highest BCUT2D eigenvalue weighted by molar-refractivity contribution is 7.07. The molecule has 1 aromatic heterocycles.